The molecule has 2 aromatic rings. The van der Waals surface area contributed by atoms with Gasteiger partial charge in [0.2, 0.25) is 11.2 Å². The van der Waals surface area contributed by atoms with E-state index in [1.807, 2.05) is 35.9 Å². The van der Waals surface area contributed by atoms with Gasteiger partial charge in [-0.15, -0.1) is 0 Å². The summed E-state index contributed by atoms with van der Waals surface area (Å²) >= 11 is -0.814. The number of imidazole rings is 1. The summed E-state index contributed by atoms with van der Waals surface area (Å²) in [6, 6.07) is 10.0. The molecule has 1 aromatic heterocycles. The third kappa shape index (κ3) is 3.28. The van der Waals surface area contributed by atoms with E-state index in [1.54, 1.807) is 0 Å². The third-order valence-corrected chi connectivity index (χ3v) is 4.55. The zero-order valence-corrected chi connectivity index (χ0v) is 11.9. The number of para-hydroxylation sites is 2. The van der Waals surface area contributed by atoms with Crippen molar-refractivity contribution in [3.05, 3.63) is 24.3 Å². The number of rotatable bonds is 6. The molecule has 4 nitrogen and oxygen atoms in total. The van der Waals surface area contributed by atoms with Crippen molar-refractivity contribution in [3.8, 4) is 6.07 Å². The van der Waals surface area contributed by atoms with Crippen molar-refractivity contribution in [2.45, 2.75) is 30.8 Å². The van der Waals surface area contributed by atoms with Gasteiger partial charge in [-0.2, -0.15) is 14.8 Å². The Hall–Kier alpha value is -1.51. The lowest BCUT2D eigenvalue weighted by atomic mass is 10.2. The Kier molecular flexibility index (Phi) is 4.83. The van der Waals surface area contributed by atoms with Gasteiger partial charge in [0.25, 0.3) is 0 Å². The largest absolute Gasteiger partial charge is 0.361 e. The number of nitriles is 1. The summed E-state index contributed by atoms with van der Waals surface area (Å²) in [5, 5.41) is 9.21. The van der Waals surface area contributed by atoms with Gasteiger partial charge in [0.15, 0.2) is 0 Å². The summed E-state index contributed by atoms with van der Waals surface area (Å²) in [7, 11) is 1.94. The molecular weight excluding hydrogens is 258 g/mol. The highest BCUT2D eigenvalue weighted by atomic mass is 32.2. The summed E-state index contributed by atoms with van der Waals surface area (Å²) < 4.78 is 12.2. The second-order valence-electron chi connectivity index (χ2n) is 4.48. The van der Waals surface area contributed by atoms with Crippen molar-refractivity contribution in [2.75, 3.05) is 5.75 Å². The highest BCUT2D eigenvalue weighted by Gasteiger charge is 2.26. The van der Waals surface area contributed by atoms with Gasteiger partial charge in [0.1, 0.15) is 5.75 Å². The van der Waals surface area contributed by atoms with E-state index in [1.165, 1.54) is 0 Å². The lowest BCUT2D eigenvalue weighted by molar-refractivity contribution is 0.610. The minimum atomic E-state index is -0.814. The molecule has 1 heterocycles. The van der Waals surface area contributed by atoms with Crippen LogP contribution < -0.4 is 0 Å². The van der Waals surface area contributed by atoms with Gasteiger partial charge in [-0.1, -0.05) is 12.1 Å². The van der Waals surface area contributed by atoms with Crippen LogP contribution in [0.2, 0.25) is 0 Å². The first-order valence-corrected chi connectivity index (χ1v) is 7.77. The quantitative estimate of drug-likeness (QED) is 0.651. The van der Waals surface area contributed by atoms with E-state index in [0.29, 0.717) is 6.42 Å². The summed E-state index contributed by atoms with van der Waals surface area (Å²) in [5.41, 5.74) is 1.98. The van der Waals surface area contributed by atoms with Crippen molar-refractivity contribution >= 4 is 22.2 Å². The molecule has 1 N–H and O–H groups in total. The summed E-state index contributed by atoms with van der Waals surface area (Å²) in [6.07, 6.45) is 3.44. The van der Waals surface area contributed by atoms with E-state index in [-0.39, 0.29) is 0 Å². The van der Waals surface area contributed by atoms with Crippen LogP contribution in [-0.2, 0) is 18.2 Å². The Morgan fingerprint density at radius 3 is 2.84 bits per heavy atom. The molecule has 0 aliphatic carbocycles. The topological polar surface area (TPSA) is 61.8 Å². The Balaban J connectivity index is 1.99. The number of aromatic nitrogens is 2. The summed E-state index contributed by atoms with van der Waals surface area (Å²) in [6.45, 7) is 0. The van der Waals surface area contributed by atoms with Crippen molar-refractivity contribution in [1.82, 2.24) is 9.55 Å². The minimum absolute atomic E-state index is 0.603. The van der Waals surface area contributed by atoms with Crippen molar-refractivity contribution in [1.29, 1.82) is 5.26 Å². The highest BCUT2D eigenvalue weighted by molar-refractivity contribution is 7.91. The van der Waals surface area contributed by atoms with Gasteiger partial charge in [0, 0.05) is 13.5 Å². The first kappa shape index (κ1) is 13.9. The number of fused-ring (bicyclic) bond motifs is 1. The first-order valence-electron chi connectivity index (χ1n) is 6.42. The monoisotopic (exact) mass is 276 g/mol. The average Bonchev–Trinajstić information content (AvgIpc) is 2.76. The molecule has 19 heavy (non-hydrogen) atoms. The molecule has 1 atom stereocenters. The molecule has 0 saturated heterocycles. The van der Waals surface area contributed by atoms with Crippen LogP contribution in [-0.4, -0.2) is 19.9 Å². The van der Waals surface area contributed by atoms with Crippen LogP contribution >= 0.6 is 0 Å². The van der Waals surface area contributed by atoms with E-state index >= 15 is 0 Å². The molecule has 1 unspecified atom stereocenters. The lowest BCUT2D eigenvalue weighted by Gasteiger charge is -1.99. The Morgan fingerprint density at radius 2 is 2.11 bits per heavy atom. The van der Waals surface area contributed by atoms with Crippen LogP contribution in [0.25, 0.3) is 11.0 Å². The van der Waals surface area contributed by atoms with Gasteiger partial charge in [-0.05, 0) is 31.4 Å². The van der Waals surface area contributed by atoms with E-state index in [9.17, 15) is 4.55 Å². The van der Waals surface area contributed by atoms with E-state index in [2.05, 4.69) is 11.1 Å². The zero-order chi connectivity index (χ0) is 13.7. The molecule has 100 valence electrons. The van der Waals surface area contributed by atoms with E-state index < -0.39 is 11.2 Å². The van der Waals surface area contributed by atoms with Crippen molar-refractivity contribution in [3.63, 3.8) is 0 Å². The third-order valence-electron chi connectivity index (χ3n) is 3.08. The SMILES string of the molecule is Cn1c([S+](O)CCCCCC#N)nc2ccccc21. The van der Waals surface area contributed by atoms with Crippen LogP contribution in [0.1, 0.15) is 25.7 Å². The van der Waals surface area contributed by atoms with E-state index in [0.717, 1.165) is 41.2 Å². The second-order valence-corrected chi connectivity index (χ2v) is 5.98. The first-order chi connectivity index (χ1) is 9.24. The highest BCUT2D eigenvalue weighted by Crippen LogP contribution is 2.19. The van der Waals surface area contributed by atoms with E-state index in [4.69, 9.17) is 5.26 Å². The number of aryl methyl sites for hydroxylation is 1. The fraction of sp³-hybridized carbons (Fsp3) is 0.429. The molecule has 0 amide bonds. The van der Waals surface area contributed by atoms with Crippen LogP contribution in [0.15, 0.2) is 29.4 Å². The standard InChI is InChI=1S/C14H18N3OS/c1-17-13-9-5-4-8-12(13)16-14(17)19(18)11-7-3-2-6-10-15/h4-5,8-9,18H,2-3,6-7,11H2,1H3/q+1. The molecule has 1 aromatic carbocycles. The molecule has 0 radical (unpaired) electrons. The Labute approximate surface area is 116 Å². The second kappa shape index (κ2) is 6.60. The predicted octanol–water partition coefficient (Wildman–Crippen LogP) is 3.11. The molecule has 0 aliphatic heterocycles. The number of hydrogen-bond donors (Lipinski definition) is 1. The minimum Gasteiger partial charge on any atom is -0.284 e. The summed E-state index contributed by atoms with van der Waals surface area (Å²) in [4.78, 5) is 4.50. The fourth-order valence-corrected chi connectivity index (χ4v) is 3.32. The van der Waals surface area contributed by atoms with Crippen LogP contribution in [0.4, 0.5) is 0 Å². The van der Waals surface area contributed by atoms with Gasteiger partial charge in [0.05, 0.1) is 17.1 Å². The number of unbranched alkanes of at least 4 members (excludes halogenated alkanes) is 3. The molecule has 5 heteroatoms. The lowest BCUT2D eigenvalue weighted by Crippen LogP contribution is -2.12. The smallest absolute Gasteiger partial charge is 0.284 e. The predicted molar refractivity (Wildman–Crippen MR) is 77.9 cm³/mol. The van der Waals surface area contributed by atoms with Crippen LogP contribution in [0.3, 0.4) is 0 Å². The number of hydrogen-bond acceptors (Lipinski definition) is 3. The maximum Gasteiger partial charge on any atom is 0.361 e. The molecule has 2 rings (SSSR count). The van der Waals surface area contributed by atoms with Crippen molar-refractivity contribution < 1.29 is 4.55 Å². The Bertz CT molecular complexity index is 588. The molecular formula is C14H18N3OS+. The zero-order valence-electron chi connectivity index (χ0n) is 11.0. The molecule has 0 saturated carbocycles. The van der Waals surface area contributed by atoms with Gasteiger partial charge in [-0.3, -0.25) is 4.57 Å². The Morgan fingerprint density at radius 1 is 1.32 bits per heavy atom. The molecule has 0 fully saturated rings. The fourth-order valence-electron chi connectivity index (χ4n) is 2.05. The number of nitrogens with zero attached hydrogens (tertiary/aromatic N) is 3. The maximum atomic E-state index is 10.2. The maximum absolute atomic E-state index is 10.2. The average molecular weight is 276 g/mol. The van der Waals surface area contributed by atoms with Gasteiger partial charge in [-0.25, -0.2) is 0 Å². The van der Waals surface area contributed by atoms with Gasteiger partial charge < -0.3 is 0 Å². The van der Waals surface area contributed by atoms with Crippen LogP contribution in [0, 0.1) is 11.3 Å². The van der Waals surface area contributed by atoms with Crippen molar-refractivity contribution in [2.24, 2.45) is 7.05 Å². The normalized spacial score (nSPS) is 12.5. The molecule has 0 bridgehead atoms. The molecule has 0 spiro atoms. The van der Waals surface area contributed by atoms with Crippen LogP contribution in [0.5, 0.6) is 0 Å². The van der Waals surface area contributed by atoms with Gasteiger partial charge >= 0.3 is 5.16 Å². The summed E-state index contributed by atoms with van der Waals surface area (Å²) in [5.74, 6) is 0.725. The molecule has 0 aliphatic rings. The number of benzene rings is 1.